The molecule has 18 heavy (non-hydrogen) atoms. The van der Waals surface area contributed by atoms with Crippen molar-refractivity contribution in [3.63, 3.8) is 0 Å². The zero-order chi connectivity index (χ0) is 13.4. The largest absolute Gasteiger partial charge is 0.353 e. The van der Waals surface area contributed by atoms with Gasteiger partial charge in [0, 0.05) is 6.04 Å². The molecule has 1 aliphatic carbocycles. The molecule has 1 saturated carbocycles. The molecular weight excluding hydrogens is 256 g/mol. The highest BCUT2D eigenvalue weighted by atomic mass is 35.5. The number of nitrogens with one attached hydrogen (secondary N) is 2. The molecule has 1 aliphatic rings. The molecule has 0 bridgehead atoms. The number of hydrogen-bond donors (Lipinski definition) is 2. The minimum Gasteiger partial charge on any atom is -0.353 e. The van der Waals surface area contributed by atoms with Gasteiger partial charge in [0.1, 0.15) is 6.42 Å². The molecule has 5 nitrogen and oxygen atoms in total. The number of carbonyl (C=O) groups excluding carboxylic acids is 3. The average molecular weight is 275 g/mol. The van der Waals surface area contributed by atoms with Crippen LogP contribution in [0.4, 0.5) is 0 Å². The Bertz CT molecular complexity index is 314. The predicted octanol–water partition coefficient (Wildman–Crippen LogP) is 0.749. The van der Waals surface area contributed by atoms with Gasteiger partial charge in [-0.05, 0) is 12.8 Å². The Hall–Kier alpha value is -1.10. The van der Waals surface area contributed by atoms with E-state index in [1.54, 1.807) is 0 Å². The zero-order valence-electron chi connectivity index (χ0n) is 10.3. The Morgan fingerprint density at radius 3 is 2.33 bits per heavy atom. The fourth-order valence-corrected chi connectivity index (χ4v) is 2.07. The van der Waals surface area contributed by atoms with Crippen molar-refractivity contribution in [1.29, 1.82) is 0 Å². The van der Waals surface area contributed by atoms with Crippen LogP contribution in [0.1, 0.15) is 38.5 Å². The fourth-order valence-electron chi connectivity index (χ4n) is 1.98. The number of amides is 2. The van der Waals surface area contributed by atoms with Crippen LogP contribution in [0.2, 0.25) is 0 Å². The third kappa shape index (κ3) is 6.00. The Labute approximate surface area is 112 Å². The van der Waals surface area contributed by atoms with Crippen LogP contribution in [0, 0.1) is 0 Å². The third-order valence-electron chi connectivity index (χ3n) is 2.92. The highest BCUT2D eigenvalue weighted by Gasteiger charge is 2.17. The molecule has 0 heterocycles. The van der Waals surface area contributed by atoms with Crippen molar-refractivity contribution < 1.29 is 14.4 Å². The third-order valence-corrected chi connectivity index (χ3v) is 3.22. The van der Waals surface area contributed by atoms with E-state index in [0.29, 0.717) is 0 Å². The van der Waals surface area contributed by atoms with Gasteiger partial charge >= 0.3 is 0 Å². The number of rotatable bonds is 6. The first-order chi connectivity index (χ1) is 8.61. The van der Waals surface area contributed by atoms with E-state index in [1.165, 1.54) is 6.42 Å². The van der Waals surface area contributed by atoms with Crippen molar-refractivity contribution in [2.75, 3.05) is 12.4 Å². The first-order valence-corrected chi connectivity index (χ1v) is 6.79. The van der Waals surface area contributed by atoms with Crippen LogP contribution in [0.25, 0.3) is 0 Å². The van der Waals surface area contributed by atoms with E-state index in [2.05, 4.69) is 10.6 Å². The maximum atomic E-state index is 11.6. The van der Waals surface area contributed by atoms with Gasteiger partial charge in [-0.2, -0.15) is 0 Å². The highest BCUT2D eigenvalue weighted by molar-refractivity contribution is 6.28. The quantitative estimate of drug-likeness (QED) is 0.554. The van der Waals surface area contributed by atoms with Gasteiger partial charge < -0.3 is 10.6 Å². The molecule has 0 spiro atoms. The maximum Gasteiger partial charge on any atom is 0.229 e. The molecule has 0 unspecified atom stereocenters. The molecular formula is C12H19ClN2O3. The van der Waals surface area contributed by atoms with Gasteiger partial charge in [0.15, 0.2) is 5.78 Å². The molecule has 102 valence electrons. The molecule has 1 fully saturated rings. The first-order valence-electron chi connectivity index (χ1n) is 6.25. The summed E-state index contributed by atoms with van der Waals surface area (Å²) < 4.78 is 0. The van der Waals surface area contributed by atoms with Crippen LogP contribution in [-0.2, 0) is 14.4 Å². The summed E-state index contributed by atoms with van der Waals surface area (Å²) in [5.74, 6) is -1.12. The van der Waals surface area contributed by atoms with E-state index in [0.717, 1.165) is 25.7 Å². The Kier molecular flexibility index (Phi) is 6.72. The fraction of sp³-hybridized carbons (Fsp3) is 0.750. The van der Waals surface area contributed by atoms with Gasteiger partial charge in [-0.25, -0.2) is 0 Å². The topological polar surface area (TPSA) is 75.3 Å². The molecule has 0 aromatic heterocycles. The summed E-state index contributed by atoms with van der Waals surface area (Å²) in [5.41, 5.74) is 0. The van der Waals surface area contributed by atoms with Crippen molar-refractivity contribution in [1.82, 2.24) is 10.6 Å². The van der Waals surface area contributed by atoms with Crippen molar-refractivity contribution in [2.45, 2.75) is 44.6 Å². The van der Waals surface area contributed by atoms with E-state index in [9.17, 15) is 14.4 Å². The van der Waals surface area contributed by atoms with Crippen molar-refractivity contribution in [3.05, 3.63) is 0 Å². The summed E-state index contributed by atoms with van der Waals surface area (Å²) in [6.45, 7) is -0.112. The number of alkyl halides is 1. The molecule has 0 atom stereocenters. The van der Waals surface area contributed by atoms with Crippen LogP contribution in [-0.4, -0.2) is 36.1 Å². The van der Waals surface area contributed by atoms with Crippen molar-refractivity contribution in [2.24, 2.45) is 0 Å². The Balaban J connectivity index is 2.18. The summed E-state index contributed by atoms with van der Waals surface area (Å²) >= 11 is 5.29. The second kappa shape index (κ2) is 8.08. The van der Waals surface area contributed by atoms with E-state index < -0.39 is 5.91 Å². The minimum atomic E-state index is -0.443. The van der Waals surface area contributed by atoms with E-state index in [1.807, 2.05) is 0 Å². The molecule has 0 aliphatic heterocycles. The molecule has 0 radical (unpaired) electrons. The van der Waals surface area contributed by atoms with Gasteiger partial charge in [0.25, 0.3) is 0 Å². The summed E-state index contributed by atoms with van der Waals surface area (Å²) in [7, 11) is 0. The van der Waals surface area contributed by atoms with Crippen LogP contribution < -0.4 is 10.6 Å². The molecule has 0 saturated heterocycles. The van der Waals surface area contributed by atoms with Crippen molar-refractivity contribution >= 4 is 29.2 Å². The van der Waals surface area contributed by atoms with Crippen LogP contribution >= 0.6 is 11.6 Å². The van der Waals surface area contributed by atoms with Crippen LogP contribution in [0.5, 0.6) is 0 Å². The van der Waals surface area contributed by atoms with E-state index in [-0.39, 0.29) is 36.6 Å². The molecule has 2 amide bonds. The van der Waals surface area contributed by atoms with Gasteiger partial charge in [0.05, 0.1) is 12.4 Å². The number of halogens is 1. The van der Waals surface area contributed by atoms with Crippen LogP contribution in [0.3, 0.4) is 0 Å². The van der Waals surface area contributed by atoms with E-state index >= 15 is 0 Å². The number of Topliss-reactive ketones (excluding diaryl/α,β-unsaturated/α-hetero) is 1. The van der Waals surface area contributed by atoms with Crippen LogP contribution in [0.15, 0.2) is 0 Å². The normalized spacial score (nSPS) is 16.1. The SMILES string of the molecule is O=C(CCl)CNC(=O)CC(=O)NC1CCCCC1. The smallest absolute Gasteiger partial charge is 0.229 e. The minimum absolute atomic E-state index is 0.112. The van der Waals surface area contributed by atoms with Gasteiger partial charge in [-0.3, -0.25) is 14.4 Å². The lowest BCUT2D eigenvalue weighted by Gasteiger charge is -2.22. The second-order valence-corrected chi connectivity index (χ2v) is 4.80. The lowest BCUT2D eigenvalue weighted by atomic mass is 9.95. The molecule has 0 aromatic rings. The number of carbonyl (C=O) groups is 3. The summed E-state index contributed by atoms with van der Waals surface area (Å²) in [6, 6.07) is 0.198. The Morgan fingerprint density at radius 2 is 1.72 bits per heavy atom. The van der Waals surface area contributed by atoms with Gasteiger partial charge in [-0.1, -0.05) is 19.3 Å². The van der Waals surface area contributed by atoms with E-state index in [4.69, 9.17) is 11.6 Å². The summed E-state index contributed by atoms with van der Waals surface area (Å²) in [4.78, 5) is 33.8. The molecule has 6 heteroatoms. The maximum absolute atomic E-state index is 11.6. The average Bonchev–Trinajstić information content (AvgIpc) is 2.37. The summed E-state index contributed by atoms with van der Waals surface area (Å²) in [6.07, 6.45) is 5.21. The lowest BCUT2D eigenvalue weighted by Crippen LogP contribution is -2.40. The van der Waals surface area contributed by atoms with Crippen molar-refractivity contribution in [3.8, 4) is 0 Å². The second-order valence-electron chi connectivity index (χ2n) is 4.53. The zero-order valence-corrected chi connectivity index (χ0v) is 11.1. The highest BCUT2D eigenvalue weighted by Crippen LogP contribution is 2.17. The predicted molar refractivity (Wildman–Crippen MR) is 68.4 cm³/mol. The number of ketones is 1. The molecule has 1 rings (SSSR count). The Morgan fingerprint density at radius 1 is 1.06 bits per heavy atom. The first kappa shape index (κ1) is 15.0. The lowest BCUT2D eigenvalue weighted by molar-refractivity contribution is -0.131. The molecule has 2 N–H and O–H groups in total. The molecule has 0 aromatic carbocycles. The van der Waals surface area contributed by atoms with Gasteiger partial charge in [0.2, 0.25) is 11.8 Å². The monoisotopic (exact) mass is 274 g/mol. The number of hydrogen-bond acceptors (Lipinski definition) is 3. The standard InChI is InChI=1S/C12H19ClN2O3/c13-7-10(16)8-14-11(17)6-12(18)15-9-4-2-1-3-5-9/h9H,1-8H2,(H,14,17)(H,15,18). The van der Waals surface area contributed by atoms with Gasteiger partial charge in [-0.15, -0.1) is 11.6 Å². The summed E-state index contributed by atoms with van der Waals surface area (Å²) in [5, 5.41) is 5.21.